The summed E-state index contributed by atoms with van der Waals surface area (Å²) >= 11 is 0. The van der Waals surface area contributed by atoms with Gasteiger partial charge < -0.3 is 16.0 Å². The van der Waals surface area contributed by atoms with Gasteiger partial charge in [0.05, 0.1) is 18.0 Å². The van der Waals surface area contributed by atoms with E-state index in [1.807, 2.05) is 20.8 Å². The van der Waals surface area contributed by atoms with Crippen LogP contribution in [0, 0.1) is 0 Å². The predicted octanol–water partition coefficient (Wildman–Crippen LogP) is 0.478. The molecule has 0 aliphatic heterocycles. The SMILES string of the molecule is CCN(CC)S(=O)(=O)c1ccc(C(=O)NCC(=O)NCC(=O)NC(C)(C)C)cc1. The van der Waals surface area contributed by atoms with Crippen LogP contribution in [0.25, 0.3) is 0 Å². The molecule has 0 aromatic heterocycles. The molecular weight excluding hydrogens is 396 g/mol. The summed E-state index contributed by atoms with van der Waals surface area (Å²) in [5.41, 5.74) is -0.178. The van der Waals surface area contributed by atoms with E-state index < -0.39 is 27.4 Å². The van der Waals surface area contributed by atoms with E-state index in [9.17, 15) is 22.8 Å². The van der Waals surface area contributed by atoms with Crippen molar-refractivity contribution in [1.82, 2.24) is 20.3 Å². The molecule has 1 aromatic carbocycles. The molecule has 0 heterocycles. The van der Waals surface area contributed by atoms with E-state index in [-0.39, 0.29) is 29.5 Å². The second-order valence-corrected chi connectivity index (χ2v) is 9.31. The number of amides is 3. The third kappa shape index (κ3) is 7.82. The Morgan fingerprint density at radius 2 is 1.41 bits per heavy atom. The van der Waals surface area contributed by atoms with Gasteiger partial charge in [0.1, 0.15) is 0 Å². The second kappa shape index (κ2) is 10.4. The smallest absolute Gasteiger partial charge is 0.251 e. The quantitative estimate of drug-likeness (QED) is 0.530. The fraction of sp³-hybridized carbons (Fsp3) is 0.526. The zero-order valence-corrected chi connectivity index (χ0v) is 18.4. The summed E-state index contributed by atoms with van der Waals surface area (Å²) in [5, 5.41) is 7.55. The summed E-state index contributed by atoms with van der Waals surface area (Å²) in [6.07, 6.45) is 0. The second-order valence-electron chi connectivity index (χ2n) is 7.37. The van der Waals surface area contributed by atoms with Crippen molar-refractivity contribution in [2.24, 2.45) is 0 Å². The highest BCUT2D eigenvalue weighted by Gasteiger charge is 2.21. The van der Waals surface area contributed by atoms with E-state index >= 15 is 0 Å². The minimum atomic E-state index is -3.60. The van der Waals surface area contributed by atoms with Crippen LogP contribution in [0.15, 0.2) is 29.2 Å². The zero-order valence-electron chi connectivity index (χ0n) is 17.5. The summed E-state index contributed by atoms with van der Waals surface area (Å²) < 4.78 is 26.2. The van der Waals surface area contributed by atoms with E-state index in [1.54, 1.807) is 13.8 Å². The Kier molecular flexibility index (Phi) is 8.78. The zero-order chi connectivity index (χ0) is 22.2. The Balaban J connectivity index is 2.59. The Bertz CT molecular complexity index is 825. The number of sulfonamides is 1. The molecule has 1 aromatic rings. The van der Waals surface area contributed by atoms with Gasteiger partial charge in [-0.15, -0.1) is 0 Å². The molecule has 0 spiro atoms. The number of carbonyl (C=O) groups excluding carboxylic acids is 3. The molecule has 0 aliphatic carbocycles. The van der Waals surface area contributed by atoms with Gasteiger partial charge in [0.25, 0.3) is 5.91 Å². The summed E-state index contributed by atoms with van der Waals surface area (Å²) in [5.74, 6) is -1.36. The van der Waals surface area contributed by atoms with Crippen LogP contribution < -0.4 is 16.0 Å². The molecular formula is C19H30N4O5S. The van der Waals surface area contributed by atoms with Gasteiger partial charge in [0.2, 0.25) is 21.8 Å². The average Bonchev–Trinajstić information content (AvgIpc) is 2.64. The van der Waals surface area contributed by atoms with Crippen molar-refractivity contribution in [3.05, 3.63) is 29.8 Å². The lowest BCUT2D eigenvalue weighted by Gasteiger charge is -2.20. The van der Waals surface area contributed by atoms with Crippen LogP contribution in [0.3, 0.4) is 0 Å². The minimum Gasteiger partial charge on any atom is -0.350 e. The third-order valence-corrected chi connectivity index (χ3v) is 5.89. The van der Waals surface area contributed by atoms with Gasteiger partial charge >= 0.3 is 0 Å². The van der Waals surface area contributed by atoms with Gasteiger partial charge in [-0.05, 0) is 45.0 Å². The lowest BCUT2D eigenvalue weighted by atomic mass is 10.1. The molecule has 0 saturated heterocycles. The van der Waals surface area contributed by atoms with Crippen molar-refractivity contribution in [3.63, 3.8) is 0 Å². The van der Waals surface area contributed by atoms with Crippen molar-refractivity contribution in [2.75, 3.05) is 26.2 Å². The summed E-state index contributed by atoms with van der Waals surface area (Å²) in [6, 6.07) is 5.50. The van der Waals surface area contributed by atoms with Gasteiger partial charge in [0, 0.05) is 24.2 Å². The number of rotatable bonds is 9. The maximum atomic E-state index is 12.4. The standard InChI is InChI=1S/C19H30N4O5S/c1-6-23(7-2)29(27,28)15-10-8-14(9-11-15)18(26)21-12-16(24)20-13-17(25)22-19(3,4)5/h8-11H,6-7,12-13H2,1-5H3,(H,20,24)(H,21,26)(H,22,25). The van der Waals surface area contributed by atoms with E-state index in [1.165, 1.54) is 28.6 Å². The van der Waals surface area contributed by atoms with Crippen molar-refractivity contribution < 1.29 is 22.8 Å². The van der Waals surface area contributed by atoms with E-state index in [0.717, 1.165) is 0 Å². The van der Waals surface area contributed by atoms with Crippen molar-refractivity contribution in [3.8, 4) is 0 Å². The molecule has 0 atom stereocenters. The molecule has 3 N–H and O–H groups in total. The van der Waals surface area contributed by atoms with Crippen LogP contribution in [-0.4, -0.2) is 62.2 Å². The van der Waals surface area contributed by atoms with Crippen molar-refractivity contribution >= 4 is 27.7 Å². The van der Waals surface area contributed by atoms with Gasteiger partial charge in [0.15, 0.2) is 0 Å². The molecule has 9 nitrogen and oxygen atoms in total. The largest absolute Gasteiger partial charge is 0.350 e. The Morgan fingerprint density at radius 1 is 0.897 bits per heavy atom. The molecule has 162 valence electrons. The van der Waals surface area contributed by atoms with Crippen LogP contribution in [0.1, 0.15) is 45.0 Å². The van der Waals surface area contributed by atoms with Crippen LogP contribution in [0.2, 0.25) is 0 Å². The number of hydrogen-bond acceptors (Lipinski definition) is 5. The van der Waals surface area contributed by atoms with Crippen LogP contribution in [0.4, 0.5) is 0 Å². The van der Waals surface area contributed by atoms with Crippen LogP contribution in [-0.2, 0) is 19.6 Å². The molecule has 0 saturated carbocycles. The van der Waals surface area contributed by atoms with Gasteiger partial charge in [-0.1, -0.05) is 13.8 Å². The Hall–Kier alpha value is -2.46. The molecule has 0 aliphatic rings. The number of hydrogen-bond donors (Lipinski definition) is 3. The number of benzene rings is 1. The maximum Gasteiger partial charge on any atom is 0.251 e. The Labute approximate surface area is 172 Å². The number of nitrogens with zero attached hydrogens (tertiary/aromatic N) is 1. The van der Waals surface area contributed by atoms with Crippen molar-refractivity contribution in [2.45, 2.75) is 45.1 Å². The lowest BCUT2D eigenvalue weighted by Crippen LogP contribution is -2.47. The van der Waals surface area contributed by atoms with Gasteiger partial charge in [-0.25, -0.2) is 8.42 Å². The molecule has 0 radical (unpaired) electrons. The van der Waals surface area contributed by atoms with Crippen LogP contribution in [0.5, 0.6) is 0 Å². The average molecular weight is 427 g/mol. The van der Waals surface area contributed by atoms with Crippen molar-refractivity contribution in [1.29, 1.82) is 0 Å². The Morgan fingerprint density at radius 3 is 1.90 bits per heavy atom. The molecule has 1 rings (SSSR count). The molecule has 29 heavy (non-hydrogen) atoms. The number of nitrogens with one attached hydrogen (secondary N) is 3. The monoisotopic (exact) mass is 426 g/mol. The molecule has 0 fully saturated rings. The third-order valence-electron chi connectivity index (χ3n) is 3.83. The topological polar surface area (TPSA) is 125 Å². The lowest BCUT2D eigenvalue weighted by molar-refractivity contribution is -0.126. The summed E-state index contributed by atoms with van der Waals surface area (Å²) in [4.78, 5) is 35.7. The van der Waals surface area contributed by atoms with Crippen LogP contribution >= 0.6 is 0 Å². The highest BCUT2D eigenvalue weighted by Crippen LogP contribution is 2.16. The first-order valence-electron chi connectivity index (χ1n) is 9.36. The molecule has 10 heteroatoms. The first-order chi connectivity index (χ1) is 13.4. The number of carbonyl (C=O) groups is 3. The molecule has 3 amide bonds. The summed E-state index contributed by atoms with van der Waals surface area (Å²) in [7, 11) is -3.60. The molecule has 0 unspecified atom stereocenters. The highest BCUT2D eigenvalue weighted by atomic mass is 32.2. The fourth-order valence-corrected chi connectivity index (χ4v) is 3.92. The van der Waals surface area contributed by atoms with Gasteiger partial charge in [-0.3, -0.25) is 14.4 Å². The van der Waals surface area contributed by atoms with Gasteiger partial charge in [-0.2, -0.15) is 4.31 Å². The predicted molar refractivity (Wildman–Crippen MR) is 110 cm³/mol. The van der Waals surface area contributed by atoms with E-state index in [2.05, 4.69) is 16.0 Å². The maximum absolute atomic E-state index is 12.4. The molecule has 0 bridgehead atoms. The highest BCUT2D eigenvalue weighted by molar-refractivity contribution is 7.89. The fourth-order valence-electron chi connectivity index (χ4n) is 2.46. The first kappa shape index (κ1) is 24.6. The summed E-state index contributed by atoms with van der Waals surface area (Å²) in [6.45, 7) is 9.18. The van der Waals surface area contributed by atoms with E-state index in [0.29, 0.717) is 13.1 Å². The normalized spacial score (nSPS) is 11.8. The van der Waals surface area contributed by atoms with E-state index in [4.69, 9.17) is 0 Å². The first-order valence-corrected chi connectivity index (χ1v) is 10.8. The minimum absolute atomic E-state index is 0.0975.